The second kappa shape index (κ2) is 6.91. The van der Waals surface area contributed by atoms with E-state index in [4.69, 9.17) is 0 Å². The molecule has 0 spiro atoms. The first-order valence-corrected chi connectivity index (χ1v) is 8.28. The van der Waals surface area contributed by atoms with Gasteiger partial charge in [-0.2, -0.15) is 21.3 Å². The van der Waals surface area contributed by atoms with Gasteiger partial charge < -0.3 is 4.90 Å². The molecule has 2 rings (SSSR count). The summed E-state index contributed by atoms with van der Waals surface area (Å²) in [6, 6.07) is 3.42. The number of nitrogens with zero attached hydrogens (tertiary/aromatic N) is 4. The van der Waals surface area contributed by atoms with Crippen molar-refractivity contribution in [1.29, 1.82) is 0 Å². The van der Waals surface area contributed by atoms with Crippen LogP contribution in [0.15, 0.2) is 24.5 Å². The number of anilines is 1. The smallest absolute Gasteiger partial charge is 0.240 e. The topological polar surface area (TPSA) is 51.0 Å². The van der Waals surface area contributed by atoms with Crippen LogP contribution in [-0.2, 0) is 4.79 Å². The van der Waals surface area contributed by atoms with E-state index >= 15 is 0 Å². The Morgan fingerprint density at radius 2 is 2.27 bits per heavy atom. The fourth-order valence-corrected chi connectivity index (χ4v) is 2.93. The van der Waals surface area contributed by atoms with Gasteiger partial charge in [0.1, 0.15) is 5.69 Å². The fourth-order valence-electron chi connectivity index (χ4n) is 2.28. The molecule has 2 heterocycles. The minimum Gasteiger partial charge on any atom is -0.310 e. The molecule has 0 aliphatic carbocycles. The summed E-state index contributed by atoms with van der Waals surface area (Å²) in [4.78, 5) is 17.7. The van der Waals surface area contributed by atoms with Crippen molar-refractivity contribution in [2.45, 2.75) is 13.8 Å². The number of aryl methyl sites for hydroxylation is 1. The van der Waals surface area contributed by atoms with Crippen LogP contribution in [0.3, 0.4) is 0 Å². The molecule has 0 bridgehead atoms. The van der Waals surface area contributed by atoms with Crippen LogP contribution in [0.5, 0.6) is 0 Å². The van der Waals surface area contributed by atoms with Crippen molar-refractivity contribution >= 4 is 23.4 Å². The van der Waals surface area contributed by atoms with E-state index in [0.717, 1.165) is 0 Å². The number of pyridine rings is 1. The maximum atomic E-state index is 14.7. The average Bonchev–Trinajstić information content (AvgIpc) is 2.82. The molecule has 0 saturated heterocycles. The van der Waals surface area contributed by atoms with Crippen LogP contribution >= 0.6 is 11.8 Å². The molecular weight excluding hydrogens is 303 g/mol. The summed E-state index contributed by atoms with van der Waals surface area (Å²) in [6.07, 6.45) is 5.08. The lowest BCUT2D eigenvalue weighted by Crippen LogP contribution is -2.33. The quantitative estimate of drug-likeness (QED) is 0.849. The van der Waals surface area contributed by atoms with Crippen LogP contribution in [0.2, 0.25) is 0 Å². The van der Waals surface area contributed by atoms with Crippen molar-refractivity contribution in [2.75, 3.05) is 24.0 Å². The SMILES string of the molecule is CSCC(C)C(=O)N(C)c1c(C)nn(-c2cccnc2)c1F. The molecule has 5 nitrogen and oxygen atoms in total. The van der Waals surface area contributed by atoms with Crippen LogP contribution in [0, 0.1) is 18.8 Å². The van der Waals surface area contributed by atoms with Crippen LogP contribution < -0.4 is 4.90 Å². The second-order valence-corrected chi connectivity index (χ2v) is 6.01. The molecule has 0 fully saturated rings. The first-order valence-electron chi connectivity index (χ1n) is 6.89. The molecule has 0 aliphatic rings. The van der Waals surface area contributed by atoms with Gasteiger partial charge in [0.15, 0.2) is 0 Å². The third kappa shape index (κ3) is 3.14. The Kier molecular flexibility index (Phi) is 5.18. The number of carbonyl (C=O) groups excluding carboxylic acids is 1. The minimum atomic E-state index is -0.558. The van der Waals surface area contributed by atoms with Gasteiger partial charge >= 0.3 is 0 Å². The molecule has 0 N–H and O–H groups in total. The van der Waals surface area contributed by atoms with E-state index in [9.17, 15) is 9.18 Å². The summed E-state index contributed by atoms with van der Waals surface area (Å²) in [5, 5.41) is 4.19. The van der Waals surface area contributed by atoms with Gasteiger partial charge in [0.05, 0.1) is 17.6 Å². The number of carbonyl (C=O) groups is 1. The first kappa shape index (κ1) is 16.5. The summed E-state index contributed by atoms with van der Waals surface area (Å²) in [5.41, 5.74) is 1.20. The third-order valence-electron chi connectivity index (χ3n) is 3.37. The van der Waals surface area contributed by atoms with Crippen LogP contribution in [0.25, 0.3) is 5.69 Å². The van der Waals surface area contributed by atoms with Crippen molar-refractivity contribution in [3.8, 4) is 5.69 Å². The first-order chi connectivity index (χ1) is 10.5. The Labute approximate surface area is 133 Å². The highest BCUT2D eigenvalue weighted by atomic mass is 32.2. The highest BCUT2D eigenvalue weighted by molar-refractivity contribution is 7.98. The van der Waals surface area contributed by atoms with Gasteiger partial charge in [0, 0.05) is 24.9 Å². The lowest BCUT2D eigenvalue weighted by atomic mass is 10.2. The largest absolute Gasteiger partial charge is 0.310 e. The van der Waals surface area contributed by atoms with Crippen molar-refractivity contribution in [1.82, 2.24) is 14.8 Å². The molecule has 0 aromatic carbocycles. The molecule has 0 radical (unpaired) electrons. The number of halogens is 1. The Morgan fingerprint density at radius 1 is 1.55 bits per heavy atom. The number of amides is 1. The Bertz CT molecular complexity index is 659. The number of thioether (sulfide) groups is 1. The van der Waals surface area contributed by atoms with Crippen LogP contribution in [0.4, 0.5) is 10.1 Å². The number of hydrogen-bond acceptors (Lipinski definition) is 4. The van der Waals surface area contributed by atoms with Gasteiger partial charge in [-0.25, -0.2) is 4.68 Å². The Morgan fingerprint density at radius 3 is 2.86 bits per heavy atom. The highest BCUT2D eigenvalue weighted by Crippen LogP contribution is 2.26. The number of aromatic nitrogens is 3. The number of hydrogen-bond donors (Lipinski definition) is 0. The fraction of sp³-hybridized carbons (Fsp3) is 0.400. The Balaban J connectivity index is 2.37. The molecule has 118 valence electrons. The highest BCUT2D eigenvalue weighted by Gasteiger charge is 2.26. The van der Waals surface area contributed by atoms with Crippen LogP contribution in [0.1, 0.15) is 12.6 Å². The van der Waals surface area contributed by atoms with E-state index in [-0.39, 0.29) is 17.5 Å². The molecule has 1 unspecified atom stereocenters. The van der Waals surface area contributed by atoms with E-state index < -0.39 is 5.95 Å². The van der Waals surface area contributed by atoms with E-state index in [0.29, 0.717) is 17.1 Å². The van der Waals surface area contributed by atoms with E-state index in [1.165, 1.54) is 15.8 Å². The molecular formula is C15H19FN4OS. The van der Waals surface area contributed by atoms with Gasteiger partial charge in [0.2, 0.25) is 11.9 Å². The average molecular weight is 322 g/mol. The maximum absolute atomic E-state index is 14.7. The summed E-state index contributed by atoms with van der Waals surface area (Å²) >= 11 is 1.59. The molecule has 1 amide bonds. The predicted octanol–water partition coefficient (Wildman–Crippen LogP) is 2.68. The van der Waals surface area contributed by atoms with Gasteiger partial charge in [-0.15, -0.1) is 0 Å². The molecule has 2 aromatic heterocycles. The van der Waals surface area contributed by atoms with Gasteiger partial charge in [-0.3, -0.25) is 9.78 Å². The zero-order valence-corrected chi connectivity index (χ0v) is 13.9. The lowest BCUT2D eigenvalue weighted by Gasteiger charge is -2.20. The Hall–Kier alpha value is -1.89. The molecule has 7 heteroatoms. The second-order valence-electron chi connectivity index (χ2n) is 5.10. The van der Waals surface area contributed by atoms with Crippen molar-refractivity contribution in [2.24, 2.45) is 5.92 Å². The van der Waals surface area contributed by atoms with Gasteiger partial charge in [-0.1, -0.05) is 6.92 Å². The van der Waals surface area contributed by atoms with Crippen molar-refractivity contribution in [3.05, 3.63) is 36.2 Å². The zero-order chi connectivity index (χ0) is 16.3. The van der Waals surface area contributed by atoms with E-state index in [1.807, 2.05) is 13.2 Å². The molecule has 0 aliphatic heterocycles. The predicted molar refractivity (Wildman–Crippen MR) is 87.0 cm³/mol. The molecule has 2 aromatic rings. The summed E-state index contributed by atoms with van der Waals surface area (Å²) in [5.74, 6) is -0.166. The van der Waals surface area contributed by atoms with E-state index in [2.05, 4.69) is 10.1 Å². The normalized spacial score (nSPS) is 12.2. The lowest BCUT2D eigenvalue weighted by molar-refractivity contribution is -0.121. The monoisotopic (exact) mass is 322 g/mol. The molecule has 22 heavy (non-hydrogen) atoms. The summed E-state index contributed by atoms with van der Waals surface area (Å²) < 4.78 is 15.9. The van der Waals surface area contributed by atoms with Crippen molar-refractivity contribution in [3.63, 3.8) is 0 Å². The standard InChI is InChI=1S/C15H19FN4OS/c1-10(9-22-4)15(21)19(3)13-11(2)18-20(14(13)16)12-6-5-7-17-8-12/h5-8,10H,9H2,1-4H3. The zero-order valence-electron chi connectivity index (χ0n) is 13.1. The minimum absolute atomic E-state index is 0.123. The number of rotatable bonds is 5. The molecule has 0 saturated carbocycles. The third-order valence-corrected chi connectivity index (χ3v) is 4.20. The van der Waals surface area contributed by atoms with Gasteiger partial charge in [0.25, 0.3) is 0 Å². The summed E-state index contributed by atoms with van der Waals surface area (Å²) in [6.45, 7) is 3.53. The molecule has 1 atom stereocenters. The summed E-state index contributed by atoms with van der Waals surface area (Å²) in [7, 11) is 1.58. The van der Waals surface area contributed by atoms with Crippen molar-refractivity contribution < 1.29 is 9.18 Å². The maximum Gasteiger partial charge on any atom is 0.240 e. The van der Waals surface area contributed by atoms with E-state index in [1.54, 1.807) is 44.1 Å². The van der Waals surface area contributed by atoms with Gasteiger partial charge in [-0.05, 0) is 25.3 Å². The van der Waals surface area contributed by atoms with Crippen LogP contribution in [-0.4, -0.2) is 39.7 Å².